The van der Waals surface area contributed by atoms with Gasteiger partial charge in [-0.05, 0) is 37.0 Å². The number of rotatable bonds is 8. The first kappa shape index (κ1) is 13.5. The van der Waals surface area contributed by atoms with Gasteiger partial charge in [-0.15, -0.1) is 6.58 Å². The van der Waals surface area contributed by atoms with Gasteiger partial charge in [0, 0.05) is 18.5 Å². The summed E-state index contributed by atoms with van der Waals surface area (Å²) in [5.41, 5.74) is 7.38. The monoisotopic (exact) mass is 231 g/mol. The van der Waals surface area contributed by atoms with Gasteiger partial charge in [-0.25, -0.2) is 0 Å². The van der Waals surface area contributed by atoms with Crippen LogP contribution in [0.2, 0.25) is 0 Å². The minimum atomic E-state index is 0.313. The molecule has 2 nitrogen and oxygen atoms in total. The molecule has 17 heavy (non-hydrogen) atoms. The zero-order valence-electron chi connectivity index (χ0n) is 10.3. The van der Waals surface area contributed by atoms with Crippen molar-refractivity contribution in [2.45, 2.75) is 38.5 Å². The Bertz CT molecular complexity index is 354. The minimum absolute atomic E-state index is 0.313. The molecule has 0 fully saturated rings. The van der Waals surface area contributed by atoms with Crippen molar-refractivity contribution < 1.29 is 4.79 Å². The molecule has 92 valence electrons. The molecule has 0 saturated carbocycles. The lowest BCUT2D eigenvalue weighted by Gasteiger charge is -2.02. The van der Waals surface area contributed by atoms with Crippen molar-refractivity contribution in [3.05, 3.63) is 42.5 Å². The van der Waals surface area contributed by atoms with E-state index in [0.29, 0.717) is 18.6 Å². The number of benzene rings is 1. The Balaban J connectivity index is 2.20. The van der Waals surface area contributed by atoms with Crippen LogP contribution in [0.25, 0.3) is 0 Å². The highest BCUT2D eigenvalue weighted by Gasteiger charge is 2.03. The lowest BCUT2D eigenvalue weighted by molar-refractivity contribution is -0.118. The number of nitrogens with two attached hydrogens (primary N) is 1. The topological polar surface area (TPSA) is 43.1 Å². The first-order valence-electron chi connectivity index (χ1n) is 6.19. The number of unbranched alkanes of at least 4 members (excludes halogenated alkanes) is 3. The molecule has 0 atom stereocenters. The molecule has 0 saturated heterocycles. The van der Waals surface area contributed by atoms with Crippen LogP contribution in [-0.4, -0.2) is 5.78 Å². The Kier molecular flexibility index (Phi) is 6.08. The molecule has 2 heteroatoms. The average molecular weight is 231 g/mol. The SMILES string of the molecule is C=CCCCCCC(=O)Cc1ccc(N)cc1. The average Bonchev–Trinajstić information content (AvgIpc) is 2.32. The van der Waals surface area contributed by atoms with E-state index >= 15 is 0 Å². The molecule has 2 N–H and O–H groups in total. The third kappa shape index (κ3) is 5.91. The van der Waals surface area contributed by atoms with Crippen molar-refractivity contribution in [3.63, 3.8) is 0 Å². The van der Waals surface area contributed by atoms with Crippen molar-refractivity contribution in [2.75, 3.05) is 5.73 Å². The summed E-state index contributed by atoms with van der Waals surface area (Å²) in [5.74, 6) is 0.313. The molecule has 1 aromatic rings. The van der Waals surface area contributed by atoms with Gasteiger partial charge < -0.3 is 5.73 Å². The predicted octanol–water partition coefficient (Wildman–Crippen LogP) is 3.52. The Morgan fingerprint density at radius 3 is 2.53 bits per heavy atom. The number of hydrogen-bond donors (Lipinski definition) is 1. The maximum Gasteiger partial charge on any atom is 0.137 e. The third-order valence-corrected chi connectivity index (χ3v) is 2.74. The van der Waals surface area contributed by atoms with Gasteiger partial charge in [0.15, 0.2) is 0 Å². The molecule has 0 aromatic heterocycles. The lowest BCUT2D eigenvalue weighted by atomic mass is 10.0. The van der Waals surface area contributed by atoms with Gasteiger partial charge in [0.25, 0.3) is 0 Å². The van der Waals surface area contributed by atoms with E-state index in [9.17, 15) is 4.79 Å². The normalized spacial score (nSPS) is 10.1. The van der Waals surface area contributed by atoms with E-state index in [1.54, 1.807) is 0 Å². The van der Waals surface area contributed by atoms with Gasteiger partial charge in [-0.3, -0.25) is 4.79 Å². The summed E-state index contributed by atoms with van der Waals surface area (Å²) >= 11 is 0. The zero-order chi connectivity index (χ0) is 12.5. The van der Waals surface area contributed by atoms with Crippen LogP contribution in [0.4, 0.5) is 5.69 Å². The van der Waals surface area contributed by atoms with Gasteiger partial charge in [0.2, 0.25) is 0 Å². The van der Waals surface area contributed by atoms with Crippen LogP contribution in [-0.2, 0) is 11.2 Å². The molecule has 0 spiro atoms. The maximum atomic E-state index is 11.7. The summed E-state index contributed by atoms with van der Waals surface area (Å²) in [7, 11) is 0. The summed E-state index contributed by atoms with van der Waals surface area (Å²) in [6.45, 7) is 3.68. The highest BCUT2D eigenvalue weighted by molar-refractivity contribution is 5.80. The predicted molar refractivity (Wildman–Crippen MR) is 72.8 cm³/mol. The van der Waals surface area contributed by atoms with Crippen molar-refractivity contribution in [2.24, 2.45) is 0 Å². The van der Waals surface area contributed by atoms with E-state index in [2.05, 4.69) is 6.58 Å². The van der Waals surface area contributed by atoms with Crippen LogP contribution in [0, 0.1) is 0 Å². The van der Waals surface area contributed by atoms with Gasteiger partial charge in [-0.2, -0.15) is 0 Å². The third-order valence-electron chi connectivity index (χ3n) is 2.74. The number of hydrogen-bond acceptors (Lipinski definition) is 2. The Morgan fingerprint density at radius 2 is 1.88 bits per heavy atom. The van der Waals surface area contributed by atoms with Crippen molar-refractivity contribution in [3.8, 4) is 0 Å². The van der Waals surface area contributed by atoms with E-state index < -0.39 is 0 Å². The Hall–Kier alpha value is -1.57. The largest absolute Gasteiger partial charge is 0.399 e. The Labute approximate surface area is 104 Å². The Morgan fingerprint density at radius 1 is 1.18 bits per heavy atom. The number of carbonyl (C=O) groups is 1. The number of anilines is 1. The molecular formula is C15H21NO. The minimum Gasteiger partial charge on any atom is -0.399 e. The van der Waals surface area contributed by atoms with Crippen molar-refractivity contribution in [1.82, 2.24) is 0 Å². The first-order valence-corrected chi connectivity index (χ1v) is 6.19. The van der Waals surface area contributed by atoms with Gasteiger partial charge in [0.05, 0.1) is 0 Å². The second-order valence-electron chi connectivity index (χ2n) is 4.35. The molecule has 1 rings (SSSR count). The molecule has 1 aromatic carbocycles. The standard InChI is InChI=1S/C15H21NO/c1-2-3-4-5-6-7-15(17)12-13-8-10-14(16)11-9-13/h2,8-11H,1,3-7,12,16H2. The fourth-order valence-electron chi connectivity index (χ4n) is 1.74. The highest BCUT2D eigenvalue weighted by Crippen LogP contribution is 2.09. The van der Waals surface area contributed by atoms with Crippen molar-refractivity contribution in [1.29, 1.82) is 0 Å². The number of allylic oxidation sites excluding steroid dienone is 1. The van der Waals surface area contributed by atoms with Crippen LogP contribution in [0.1, 0.15) is 37.7 Å². The number of Topliss-reactive ketones (excluding diaryl/α,β-unsaturated/α-hetero) is 1. The van der Waals surface area contributed by atoms with Gasteiger partial charge in [-0.1, -0.05) is 24.6 Å². The lowest BCUT2D eigenvalue weighted by Crippen LogP contribution is -2.02. The van der Waals surface area contributed by atoms with Crippen LogP contribution >= 0.6 is 0 Å². The van der Waals surface area contributed by atoms with Crippen LogP contribution < -0.4 is 5.73 Å². The van der Waals surface area contributed by atoms with E-state index in [1.807, 2.05) is 30.3 Å². The molecule has 0 amide bonds. The molecule has 0 heterocycles. The first-order chi connectivity index (χ1) is 8.22. The second kappa shape index (κ2) is 7.66. The molecule has 0 bridgehead atoms. The van der Waals surface area contributed by atoms with Crippen molar-refractivity contribution >= 4 is 11.5 Å². The molecule has 0 aliphatic carbocycles. The quantitative estimate of drug-likeness (QED) is 0.422. The second-order valence-corrected chi connectivity index (χ2v) is 4.35. The molecule has 0 aliphatic heterocycles. The van der Waals surface area contributed by atoms with Crippen LogP contribution in [0.3, 0.4) is 0 Å². The molecular weight excluding hydrogens is 210 g/mol. The fourth-order valence-corrected chi connectivity index (χ4v) is 1.74. The fraction of sp³-hybridized carbons (Fsp3) is 0.400. The number of carbonyl (C=O) groups excluding carboxylic acids is 1. The maximum absolute atomic E-state index is 11.7. The van der Waals surface area contributed by atoms with E-state index in [0.717, 1.165) is 36.9 Å². The molecule has 0 aliphatic rings. The van der Waals surface area contributed by atoms with E-state index in [-0.39, 0.29) is 0 Å². The number of nitrogen functional groups attached to an aromatic ring is 1. The van der Waals surface area contributed by atoms with Gasteiger partial charge >= 0.3 is 0 Å². The summed E-state index contributed by atoms with van der Waals surface area (Å²) in [4.78, 5) is 11.7. The summed E-state index contributed by atoms with van der Waals surface area (Å²) in [6.07, 6.45) is 7.42. The zero-order valence-corrected chi connectivity index (χ0v) is 10.3. The molecule has 0 radical (unpaired) electrons. The van der Waals surface area contributed by atoms with Crippen LogP contribution in [0.5, 0.6) is 0 Å². The summed E-state index contributed by atoms with van der Waals surface area (Å²) in [6, 6.07) is 7.52. The highest BCUT2D eigenvalue weighted by atomic mass is 16.1. The molecule has 0 unspecified atom stereocenters. The van der Waals surface area contributed by atoms with E-state index in [1.165, 1.54) is 0 Å². The van der Waals surface area contributed by atoms with E-state index in [4.69, 9.17) is 5.73 Å². The van der Waals surface area contributed by atoms with Gasteiger partial charge in [0.1, 0.15) is 5.78 Å². The number of ketones is 1. The van der Waals surface area contributed by atoms with Crippen LogP contribution in [0.15, 0.2) is 36.9 Å². The summed E-state index contributed by atoms with van der Waals surface area (Å²) in [5, 5.41) is 0. The summed E-state index contributed by atoms with van der Waals surface area (Å²) < 4.78 is 0. The smallest absolute Gasteiger partial charge is 0.137 e.